The highest BCUT2D eigenvalue weighted by atomic mass is 35.5. The van der Waals surface area contributed by atoms with Crippen LogP contribution in [-0.4, -0.2) is 6.61 Å². The lowest BCUT2D eigenvalue weighted by atomic mass is 10.1. The molecule has 0 saturated carbocycles. The molecule has 2 N–H and O–H groups in total. The van der Waals surface area contributed by atoms with E-state index in [0.717, 1.165) is 18.5 Å². The molecule has 0 aliphatic carbocycles. The van der Waals surface area contributed by atoms with Gasteiger partial charge in [-0.2, -0.15) is 0 Å². The molecule has 2 aromatic rings. The third kappa shape index (κ3) is 4.14. The molecule has 4 heteroatoms. The summed E-state index contributed by atoms with van der Waals surface area (Å²) in [6, 6.07) is 12.2. The number of halogens is 2. The van der Waals surface area contributed by atoms with Crippen LogP contribution in [0.3, 0.4) is 0 Å². The van der Waals surface area contributed by atoms with Gasteiger partial charge in [0.15, 0.2) is 0 Å². The van der Waals surface area contributed by atoms with E-state index in [1.54, 1.807) is 6.07 Å². The first-order chi connectivity index (χ1) is 9.15. The third-order valence-electron chi connectivity index (χ3n) is 2.75. The molecule has 0 unspecified atom stereocenters. The van der Waals surface area contributed by atoms with E-state index in [1.807, 2.05) is 24.3 Å². The van der Waals surface area contributed by atoms with Gasteiger partial charge in [0.2, 0.25) is 0 Å². The summed E-state index contributed by atoms with van der Waals surface area (Å²) in [6.45, 7) is 0.533. The fourth-order valence-corrected chi connectivity index (χ4v) is 1.83. The van der Waals surface area contributed by atoms with Gasteiger partial charge in [0.25, 0.3) is 0 Å². The number of anilines is 1. The Morgan fingerprint density at radius 3 is 2.53 bits per heavy atom. The molecule has 2 rings (SSSR count). The lowest BCUT2D eigenvalue weighted by Gasteiger charge is -2.07. The molecular formula is C15H15ClFNO. The van der Waals surface area contributed by atoms with Crippen molar-refractivity contribution in [1.29, 1.82) is 0 Å². The minimum Gasteiger partial charge on any atom is -0.493 e. The van der Waals surface area contributed by atoms with Gasteiger partial charge in [-0.3, -0.25) is 0 Å². The Morgan fingerprint density at radius 2 is 1.84 bits per heavy atom. The van der Waals surface area contributed by atoms with Crippen LogP contribution in [0.5, 0.6) is 5.75 Å². The summed E-state index contributed by atoms with van der Waals surface area (Å²) in [7, 11) is 0. The normalized spacial score (nSPS) is 10.4. The van der Waals surface area contributed by atoms with Crippen molar-refractivity contribution in [1.82, 2.24) is 0 Å². The van der Waals surface area contributed by atoms with E-state index in [4.69, 9.17) is 22.1 Å². The number of hydrogen-bond donors (Lipinski definition) is 1. The molecule has 0 bridgehead atoms. The molecule has 0 aromatic heterocycles. The van der Waals surface area contributed by atoms with Gasteiger partial charge >= 0.3 is 0 Å². The van der Waals surface area contributed by atoms with Crippen LogP contribution in [0.1, 0.15) is 12.0 Å². The Labute approximate surface area is 117 Å². The number of rotatable bonds is 5. The predicted octanol–water partition coefficient (Wildman–Crippen LogP) is 4.07. The topological polar surface area (TPSA) is 35.2 Å². The van der Waals surface area contributed by atoms with E-state index < -0.39 is 5.82 Å². The molecule has 2 nitrogen and oxygen atoms in total. The fourth-order valence-electron chi connectivity index (χ4n) is 1.72. The first-order valence-corrected chi connectivity index (χ1v) is 6.45. The summed E-state index contributed by atoms with van der Waals surface area (Å²) >= 11 is 5.59. The molecule has 0 saturated heterocycles. The average molecular weight is 280 g/mol. The van der Waals surface area contributed by atoms with Gasteiger partial charge < -0.3 is 10.5 Å². The van der Waals surface area contributed by atoms with Gasteiger partial charge in [-0.05, 0) is 42.7 Å². The smallest absolute Gasteiger partial charge is 0.145 e. The van der Waals surface area contributed by atoms with Crippen molar-refractivity contribution in [3.05, 3.63) is 58.9 Å². The molecule has 100 valence electrons. The Hall–Kier alpha value is -1.74. The fraction of sp³-hybridized carbons (Fsp3) is 0.200. The van der Waals surface area contributed by atoms with Crippen LogP contribution in [0.25, 0.3) is 0 Å². The zero-order valence-electron chi connectivity index (χ0n) is 10.4. The van der Waals surface area contributed by atoms with Crippen LogP contribution in [0.2, 0.25) is 5.02 Å². The molecule has 0 spiro atoms. The summed E-state index contributed by atoms with van der Waals surface area (Å²) in [5.41, 5.74) is 7.58. The monoisotopic (exact) mass is 279 g/mol. The SMILES string of the molecule is Nc1ccc(CCCOc2ccc(Cl)c(F)c2)cc1. The zero-order valence-corrected chi connectivity index (χ0v) is 11.2. The van der Waals surface area contributed by atoms with Crippen LogP contribution in [0.4, 0.5) is 10.1 Å². The van der Waals surface area contributed by atoms with E-state index in [2.05, 4.69) is 0 Å². The van der Waals surface area contributed by atoms with E-state index >= 15 is 0 Å². The standard InChI is InChI=1S/C15H15ClFNO/c16-14-8-7-13(10-15(14)17)19-9-1-2-11-3-5-12(18)6-4-11/h3-8,10H,1-2,9,18H2. The molecule has 0 aliphatic heterocycles. The van der Waals surface area contributed by atoms with Crippen molar-refractivity contribution in [3.63, 3.8) is 0 Å². The molecular weight excluding hydrogens is 265 g/mol. The van der Waals surface area contributed by atoms with Crippen LogP contribution in [-0.2, 0) is 6.42 Å². The Morgan fingerprint density at radius 1 is 1.11 bits per heavy atom. The van der Waals surface area contributed by atoms with Crippen molar-refractivity contribution in [3.8, 4) is 5.75 Å². The Balaban J connectivity index is 1.77. The number of aryl methyl sites for hydroxylation is 1. The second-order valence-electron chi connectivity index (χ2n) is 4.27. The molecule has 0 aliphatic rings. The molecule has 0 atom stereocenters. The van der Waals surface area contributed by atoms with Crippen LogP contribution < -0.4 is 10.5 Å². The lowest BCUT2D eigenvalue weighted by Crippen LogP contribution is -2.00. The first-order valence-electron chi connectivity index (χ1n) is 6.07. The van der Waals surface area contributed by atoms with Crippen LogP contribution in [0, 0.1) is 5.82 Å². The average Bonchev–Trinajstić information content (AvgIpc) is 2.41. The second-order valence-corrected chi connectivity index (χ2v) is 4.68. The minimum absolute atomic E-state index is 0.106. The number of benzene rings is 2. The summed E-state index contributed by atoms with van der Waals surface area (Å²) in [5.74, 6) is 0.0388. The highest BCUT2D eigenvalue weighted by Gasteiger charge is 2.01. The zero-order chi connectivity index (χ0) is 13.7. The van der Waals surface area contributed by atoms with Gasteiger partial charge in [-0.15, -0.1) is 0 Å². The molecule has 0 radical (unpaired) electrons. The molecule has 19 heavy (non-hydrogen) atoms. The van der Waals surface area contributed by atoms with Crippen LogP contribution >= 0.6 is 11.6 Å². The van der Waals surface area contributed by atoms with Gasteiger partial charge in [-0.25, -0.2) is 4.39 Å². The molecule has 2 aromatic carbocycles. The highest BCUT2D eigenvalue weighted by Crippen LogP contribution is 2.20. The quantitative estimate of drug-likeness (QED) is 0.661. The van der Waals surface area contributed by atoms with Crippen LogP contribution in [0.15, 0.2) is 42.5 Å². The Bertz CT molecular complexity index is 542. The maximum atomic E-state index is 13.2. The van der Waals surface area contributed by atoms with Crippen molar-refractivity contribution < 1.29 is 9.13 Å². The van der Waals surface area contributed by atoms with Gasteiger partial charge in [0, 0.05) is 11.8 Å². The predicted molar refractivity (Wildman–Crippen MR) is 76.1 cm³/mol. The van der Waals surface area contributed by atoms with Crippen molar-refractivity contribution >= 4 is 17.3 Å². The van der Waals surface area contributed by atoms with Gasteiger partial charge in [0.05, 0.1) is 11.6 Å². The number of hydrogen-bond acceptors (Lipinski definition) is 2. The molecule has 0 fully saturated rings. The summed E-state index contributed by atoms with van der Waals surface area (Å²) in [6.07, 6.45) is 1.75. The highest BCUT2D eigenvalue weighted by molar-refractivity contribution is 6.30. The van der Waals surface area contributed by atoms with Crippen molar-refractivity contribution in [2.75, 3.05) is 12.3 Å². The maximum Gasteiger partial charge on any atom is 0.145 e. The minimum atomic E-state index is -0.460. The number of nitrogens with two attached hydrogens (primary N) is 1. The van der Waals surface area contributed by atoms with E-state index in [1.165, 1.54) is 17.7 Å². The van der Waals surface area contributed by atoms with E-state index in [-0.39, 0.29) is 5.02 Å². The first kappa shape index (κ1) is 13.7. The van der Waals surface area contributed by atoms with Gasteiger partial charge in [0.1, 0.15) is 11.6 Å². The van der Waals surface area contributed by atoms with Gasteiger partial charge in [-0.1, -0.05) is 23.7 Å². The third-order valence-corrected chi connectivity index (χ3v) is 3.06. The lowest BCUT2D eigenvalue weighted by molar-refractivity contribution is 0.309. The van der Waals surface area contributed by atoms with E-state index in [9.17, 15) is 4.39 Å². The second kappa shape index (κ2) is 6.43. The Kier molecular flexibility index (Phi) is 4.63. The summed E-state index contributed by atoms with van der Waals surface area (Å²) in [4.78, 5) is 0. The molecule has 0 amide bonds. The maximum absolute atomic E-state index is 13.2. The van der Waals surface area contributed by atoms with Crippen molar-refractivity contribution in [2.45, 2.75) is 12.8 Å². The van der Waals surface area contributed by atoms with Crippen molar-refractivity contribution in [2.24, 2.45) is 0 Å². The largest absolute Gasteiger partial charge is 0.493 e. The summed E-state index contributed by atoms with van der Waals surface area (Å²) in [5, 5.41) is 0.106. The van der Waals surface area contributed by atoms with E-state index in [0.29, 0.717) is 12.4 Å². The number of nitrogen functional groups attached to an aromatic ring is 1. The number of ether oxygens (including phenoxy) is 1. The summed E-state index contributed by atoms with van der Waals surface area (Å²) < 4.78 is 18.6. The molecule has 0 heterocycles.